The van der Waals surface area contributed by atoms with E-state index >= 15 is 0 Å². The Morgan fingerprint density at radius 3 is 3.09 bits per heavy atom. The van der Waals surface area contributed by atoms with Crippen LogP contribution in [0.4, 0.5) is 0 Å². The van der Waals surface area contributed by atoms with Gasteiger partial charge in [0, 0.05) is 39.6 Å². The van der Waals surface area contributed by atoms with Crippen molar-refractivity contribution in [2.24, 2.45) is 11.8 Å². The second kappa shape index (κ2) is 9.26. The van der Waals surface area contributed by atoms with Gasteiger partial charge < -0.3 is 19.9 Å². The highest BCUT2D eigenvalue weighted by molar-refractivity contribution is 5.27. The Morgan fingerprint density at radius 2 is 2.43 bits per heavy atom. The molecule has 0 heterocycles. The van der Waals surface area contributed by atoms with Crippen LogP contribution in [-0.4, -0.2) is 44.8 Å². The first-order chi connectivity index (χ1) is 22.0. The normalized spacial score (nSPS) is 54.0. The summed E-state index contributed by atoms with van der Waals surface area (Å²) >= 11 is 0. The summed E-state index contributed by atoms with van der Waals surface area (Å²) in [5, 5.41) is 2.66. The monoisotopic (exact) mass is 349 g/mol. The van der Waals surface area contributed by atoms with E-state index in [1.807, 2.05) is 0 Å². The van der Waals surface area contributed by atoms with Crippen LogP contribution in [0, 0.1) is 11.8 Å². The third kappa shape index (κ3) is 7.34. The molecule has 0 aliphatic heterocycles. The van der Waals surface area contributed by atoms with E-state index in [0.717, 1.165) is 6.92 Å². The van der Waals surface area contributed by atoms with Gasteiger partial charge in [0.2, 0.25) is 1.43 Å². The predicted octanol–water partition coefficient (Wildman–Crippen LogP) is 2.64. The van der Waals surface area contributed by atoms with Gasteiger partial charge in [0.05, 0.1) is 21.6 Å². The summed E-state index contributed by atoms with van der Waals surface area (Å²) in [7, 11) is 0. The molecule has 2 N–H and O–H groups in total. The van der Waals surface area contributed by atoms with Gasteiger partial charge >= 0.3 is 0 Å². The number of hydrogen-bond acceptors (Lipinski definition) is 4. The van der Waals surface area contributed by atoms with Crippen molar-refractivity contribution in [3.05, 3.63) is 29.7 Å². The van der Waals surface area contributed by atoms with Crippen LogP contribution in [0.25, 0.3) is 0 Å². The van der Waals surface area contributed by atoms with Crippen molar-refractivity contribution in [3.63, 3.8) is 0 Å². The van der Waals surface area contributed by atoms with Gasteiger partial charge in [-0.05, 0) is 42.2 Å². The molecule has 23 heavy (non-hydrogen) atoms. The molecule has 2 rings (SSSR count). The molecule has 130 valence electrons. The van der Waals surface area contributed by atoms with E-state index in [2.05, 4.69) is 9.85 Å². The van der Waals surface area contributed by atoms with Crippen molar-refractivity contribution in [2.45, 2.75) is 45.5 Å². The first-order valence-electron chi connectivity index (χ1n) is 19.8. The molecule has 1 aliphatic carbocycles. The zero-order chi connectivity index (χ0) is 41.2. The van der Waals surface area contributed by atoms with Gasteiger partial charge in [-0.2, -0.15) is 0 Å². The Labute approximate surface area is 179 Å². The Bertz CT molecular complexity index is 1460. The second-order valence-electron chi connectivity index (χ2n) is 3.87. The SMILES string of the molecule is [2H]OC([2H])(C([2H])([2H])Oc1c([2H])c([2H])c(C([2H])([2H])C([2H])([2H])OC([2H])([2H])C2([2H])C([2H])([2H])C2([2H])C)c([2H])c1[2H])C([2H])([2H])N([2H])C([2H])(C([2H])([2H])[2H])C([2H])([2H])[2H]. The molecule has 3 atom stereocenters. The zero-order valence-electron chi connectivity index (χ0n) is 39.7. The topological polar surface area (TPSA) is 50.7 Å². The molecule has 1 fully saturated rings. The van der Waals surface area contributed by atoms with E-state index in [1.165, 1.54) is 0 Å². The molecule has 1 aliphatic rings. The lowest BCUT2D eigenvalue weighted by Crippen LogP contribution is -2.35. The minimum Gasteiger partial charge on any atom is -0.491 e. The minimum atomic E-state index is -4.48. The van der Waals surface area contributed by atoms with Crippen LogP contribution in [0.3, 0.4) is 0 Å². The van der Waals surface area contributed by atoms with Crippen LogP contribution in [0.2, 0.25) is 1.41 Å². The maximum Gasteiger partial charge on any atom is 0.211 e. The number of hydrogen-bond donors (Lipinski definition) is 2. The molecule has 0 radical (unpaired) electrons. The van der Waals surface area contributed by atoms with Gasteiger partial charge in [-0.25, -0.2) is 0 Å². The third-order valence-corrected chi connectivity index (χ3v) is 2.12. The molecule has 0 saturated heterocycles. The van der Waals surface area contributed by atoms with Crippen molar-refractivity contribution < 1.29 is 51.6 Å². The molecule has 0 aromatic heterocycles. The largest absolute Gasteiger partial charge is 0.491 e. The Hall–Kier alpha value is -1.10. The average molecular weight is 350 g/mol. The van der Waals surface area contributed by atoms with Crippen molar-refractivity contribution in [1.82, 2.24) is 5.31 Å². The van der Waals surface area contributed by atoms with Crippen LogP contribution < -0.4 is 10.0 Å². The third-order valence-electron chi connectivity index (χ3n) is 2.12. The number of benzene rings is 1. The maximum atomic E-state index is 8.33. The Balaban J connectivity index is 2.72. The fourth-order valence-electron chi connectivity index (χ4n) is 1.05. The fraction of sp³-hybridized carbons (Fsp3) is 0.684. The number of ether oxygens (including phenoxy) is 2. The lowest BCUT2D eigenvalue weighted by atomic mass is 10.1. The quantitative estimate of drug-likeness (QED) is 0.609. The van der Waals surface area contributed by atoms with Crippen molar-refractivity contribution in [2.75, 3.05) is 26.2 Å². The van der Waals surface area contributed by atoms with E-state index in [1.54, 1.807) is 0 Å². The minimum absolute atomic E-state index is 0.792. The van der Waals surface area contributed by atoms with Crippen molar-refractivity contribution in [1.29, 1.82) is 1.43 Å². The maximum absolute atomic E-state index is 8.33. The Morgan fingerprint density at radius 1 is 1.65 bits per heavy atom. The highest BCUT2D eigenvalue weighted by atomic mass is 16.5. The smallest absolute Gasteiger partial charge is 0.211 e. The number of aliphatic hydroxyl groups is 1. The van der Waals surface area contributed by atoms with Crippen LogP contribution in [0.15, 0.2) is 24.2 Å². The number of rotatable bonds is 12. The summed E-state index contributed by atoms with van der Waals surface area (Å²) in [4.78, 5) is 0. The molecule has 0 spiro atoms. The molecular formula is C19H31NO3. The molecule has 4 heteroatoms. The van der Waals surface area contributed by atoms with Gasteiger partial charge in [-0.3, -0.25) is 0 Å². The number of nitrogens with one attached hydrogen (secondary N) is 1. The lowest BCUT2D eigenvalue weighted by molar-refractivity contribution is 0.104. The highest BCUT2D eigenvalue weighted by Gasteiger charge is 2.32. The zero-order valence-corrected chi connectivity index (χ0v) is 11.7. The van der Waals surface area contributed by atoms with E-state index < -0.39 is 117 Å². The molecule has 0 amide bonds. The lowest BCUT2D eigenvalue weighted by Gasteiger charge is -2.15. The van der Waals surface area contributed by atoms with Crippen molar-refractivity contribution >= 4 is 0 Å². The summed E-state index contributed by atoms with van der Waals surface area (Å²) in [6.07, 6.45) is -11.4. The van der Waals surface area contributed by atoms with E-state index in [4.69, 9.17) is 43.2 Å². The molecule has 4 nitrogen and oxygen atoms in total. The van der Waals surface area contributed by atoms with Gasteiger partial charge in [-0.15, -0.1) is 0 Å². The Kier molecular flexibility index (Phi) is 1.49. The summed E-state index contributed by atoms with van der Waals surface area (Å²) in [5.41, 5.74) is -1.56. The summed E-state index contributed by atoms with van der Waals surface area (Å²) in [6.45, 7) is -24.1. The molecule has 3 unspecified atom stereocenters. The van der Waals surface area contributed by atoms with Gasteiger partial charge in [0.1, 0.15) is 19.8 Å². The first-order valence-corrected chi connectivity index (χ1v) is 5.97. The summed E-state index contributed by atoms with van der Waals surface area (Å²) < 4.78 is 232. The molecule has 1 saturated carbocycles. The standard InChI is InChI=1S/C19H31NO3/c1-14(2)20-11-18(21)13-23-19-6-4-16(5-7-19)8-9-22-12-17-10-15(17)3/h4-7,14-15,17-18,20-21H,8-13H2,1-3H3/i1D3,2D3,4D,5D,6D,7D,8D2,9D2,10D2,11D2,12D2,13D2,14D,15D,17D,18D,21D/hD. The molecule has 1 aromatic rings. The highest BCUT2D eigenvalue weighted by Crippen LogP contribution is 2.37. The van der Waals surface area contributed by atoms with Crippen molar-refractivity contribution in [3.8, 4) is 5.75 Å². The summed E-state index contributed by atoms with van der Waals surface area (Å²) in [6, 6.07) is -10.7. The average Bonchev–Trinajstić information content (AvgIpc) is 3.27. The molecule has 1 aromatic carbocycles. The first kappa shape index (κ1) is 3.69. The van der Waals surface area contributed by atoms with Crippen LogP contribution in [-0.2, 0) is 11.1 Å². The summed E-state index contributed by atoms with van der Waals surface area (Å²) in [5.74, 6) is -7.32. The molecular weight excluding hydrogens is 290 g/mol. The second-order valence-corrected chi connectivity index (χ2v) is 3.87. The van der Waals surface area contributed by atoms with Gasteiger partial charge in [0.25, 0.3) is 0 Å². The van der Waals surface area contributed by atoms with Crippen LogP contribution >= 0.6 is 0 Å². The van der Waals surface area contributed by atoms with Gasteiger partial charge in [0.15, 0.2) is 0 Å². The van der Waals surface area contributed by atoms with Gasteiger partial charge in [-0.1, -0.05) is 32.7 Å². The van der Waals surface area contributed by atoms with E-state index in [0.29, 0.717) is 0 Å². The van der Waals surface area contributed by atoms with Crippen LogP contribution in [0.5, 0.6) is 5.75 Å². The fourth-order valence-corrected chi connectivity index (χ4v) is 1.05. The van der Waals surface area contributed by atoms with E-state index in [9.17, 15) is 0 Å². The van der Waals surface area contributed by atoms with Crippen LogP contribution in [0.1, 0.15) is 68.2 Å². The predicted molar refractivity (Wildman–Crippen MR) is 92.9 cm³/mol. The van der Waals surface area contributed by atoms with E-state index in [-0.39, 0.29) is 0 Å². The molecule has 0 bridgehead atoms.